The number of ether oxygens (including phenoxy) is 1. The number of pyridine rings is 1. The van der Waals surface area contributed by atoms with E-state index in [0.29, 0.717) is 16.0 Å². The average Bonchev–Trinajstić information content (AvgIpc) is 3.00. The molecule has 1 aliphatic heterocycles. The van der Waals surface area contributed by atoms with Gasteiger partial charge in [0.25, 0.3) is 5.56 Å². The van der Waals surface area contributed by atoms with E-state index in [9.17, 15) is 9.18 Å². The van der Waals surface area contributed by atoms with E-state index in [1.54, 1.807) is 11.4 Å². The molecule has 0 saturated carbocycles. The van der Waals surface area contributed by atoms with E-state index in [1.807, 2.05) is 0 Å². The molecule has 3 rings (SSSR count). The molecule has 19 heavy (non-hydrogen) atoms. The molecule has 0 aliphatic carbocycles. The first-order valence-electron chi connectivity index (χ1n) is 6.55. The minimum absolute atomic E-state index is 0.152. The van der Waals surface area contributed by atoms with Gasteiger partial charge in [0.2, 0.25) is 0 Å². The highest BCUT2D eigenvalue weighted by Crippen LogP contribution is 2.34. The SMILES string of the molecule is CC[C@H]1O[C@@H](n2cc(F)c3ccsc3c2=O)C[C@H]1C. The predicted molar refractivity (Wildman–Crippen MR) is 74.0 cm³/mol. The topological polar surface area (TPSA) is 31.2 Å². The minimum atomic E-state index is -0.355. The van der Waals surface area contributed by atoms with Crippen molar-refractivity contribution in [1.82, 2.24) is 4.57 Å². The Bertz CT molecular complexity index is 663. The zero-order valence-electron chi connectivity index (χ0n) is 10.9. The Balaban J connectivity index is 2.07. The third-order valence-corrected chi connectivity index (χ3v) is 4.76. The second-order valence-corrected chi connectivity index (χ2v) is 6.02. The number of fused-ring (bicyclic) bond motifs is 1. The lowest BCUT2D eigenvalue weighted by Crippen LogP contribution is -2.24. The summed E-state index contributed by atoms with van der Waals surface area (Å²) in [5.41, 5.74) is -0.152. The molecule has 102 valence electrons. The van der Waals surface area contributed by atoms with E-state index < -0.39 is 0 Å². The molecule has 2 aromatic rings. The summed E-state index contributed by atoms with van der Waals surface area (Å²) in [5.74, 6) is 0.0380. The lowest BCUT2D eigenvalue weighted by molar-refractivity contribution is -0.00694. The van der Waals surface area contributed by atoms with Gasteiger partial charge in [0.1, 0.15) is 16.7 Å². The normalized spacial score (nSPS) is 27.2. The third kappa shape index (κ3) is 2.01. The van der Waals surface area contributed by atoms with Gasteiger partial charge in [0.05, 0.1) is 6.10 Å². The summed E-state index contributed by atoms with van der Waals surface area (Å²) in [6, 6.07) is 1.65. The minimum Gasteiger partial charge on any atom is -0.354 e. The monoisotopic (exact) mass is 281 g/mol. The van der Waals surface area contributed by atoms with Crippen molar-refractivity contribution in [3.05, 3.63) is 33.8 Å². The zero-order valence-corrected chi connectivity index (χ0v) is 11.7. The first-order valence-corrected chi connectivity index (χ1v) is 7.43. The smallest absolute Gasteiger partial charge is 0.270 e. The van der Waals surface area contributed by atoms with Crippen molar-refractivity contribution in [2.75, 3.05) is 0 Å². The van der Waals surface area contributed by atoms with Crippen LogP contribution >= 0.6 is 11.3 Å². The van der Waals surface area contributed by atoms with Gasteiger partial charge in [-0.3, -0.25) is 9.36 Å². The summed E-state index contributed by atoms with van der Waals surface area (Å²) in [6.45, 7) is 4.18. The molecule has 1 fully saturated rings. The maximum Gasteiger partial charge on any atom is 0.270 e. The Kier molecular flexibility index (Phi) is 3.19. The Hall–Kier alpha value is -1.20. The lowest BCUT2D eigenvalue weighted by atomic mass is 10.0. The van der Waals surface area contributed by atoms with Crippen molar-refractivity contribution in [1.29, 1.82) is 0 Å². The number of nitrogens with zero attached hydrogens (tertiary/aromatic N) is 1. The third-order valence-electron chi connectivity index (χ3n) is 3.86. The summed E-state index contributed by atoms with van der Waals surface area (Å²) in [5, 5.41) is 2.15. The van der Waals surface area contributed by atoms with Crippen LogP contribution in [0.25, 0.3) is 10.1 Å². The standard InChI is InChI=1S/C14H16FNO2S/c1-3-11-8(2)6-12(18-11)16-7-10(15)9-4-5-19-13(9)14(16)17/h4-5,7-8,11-12H,3,6H2,1-2H3/t8-,11-,12-/m1/s1. The molecule has 1 saturated heterocycles. The van der Waals surface area contributed by atoms with Crippen molar-refractivity contribution >= 4 is 21.4 Å². The zero-order chi connectivity index (χ0) is 13.6. The van der Waals surface area contributed by atoms with Crippen molar-refractivity contribution in [3.8, 4) is 0 Å². The van der Waals surface area contributed by atoms with Crippen molar-refractivity contribution in [3.63, 3.8) is 0 Å². The average molecular weight is 281 g/mol. The number of rotatable bonds is 2. The summed E-state index contributed by atoms with van der Waals surface area (Å²) >= 11 is 1.28. The molecule has 0 radical (unpaired) electrons. The van der Waals surface area contributed by atoms with Gasteiger partial charge in [-0.1, -0.05) is 13.8 Å². The Labute approximate surface area is 114 Å². The molecule has 0 N–H and O–H groups in total. The van der Waals surface area contributed by atoms with Crippen LogP contribution in [0.2, 0.25) is 0 Å². The molecule has 0 spiro atoms. The molecule has 0 unspecified atom stereocenters. The fourth-order valence-corrected chi connectivity index (χ4v) is 3.62. The van der Waals surface area contributed by atoms with Gasteiger partial charge in [-0.25, -0.2) is 4.39 Å². The van der Waals surface area contributed by atoms with Gasteiger partial charge in [-0.05, 0) is 30.2 Å². The summed E-state index contributed by atoms with van der Waals surface area (Å²) in [4.78, 5) is 12.4. The van der Waals surface area contributed by atoms with E-state index in [0.717, 1.165) is 12.8 Å². The van der Waals surface area contributed by atoms with E-state index in [-0.39, 0.29) is 23.7 Å². The van der Waals surface area contributed by atoms with Gasteiger partial charge >= 0.3 is 0 Å². The maximum absolute atomic E-state index is 14.0. The summed E-state index contributed by atoms with van der Waals surface area (Å²) in [7, 11) is 0. The Morgan fingerprint density at radius 2 is 2.37 bits per heavy atom. The van der Waals surface area contributed by atoms with Crippen LogP contribution < -0.4 is 5.56 Å². The summed E-state index contributed by atoms with van der Waals surface area (Å²) < 4.78 is 21.7. The van der Waals surface area contributed by atoms with Crippen LogP contribution in [0.1, 0.15) is 32.9 Å². The molecular weight excluding hydrogens is 265 g/mol. The number of aromatic nitrogens is 1. The van der Waals surface area contributed by atoms with Crippen LogP contribution in [0.3, 0.4) is 0 Å². The number of halogens is 1. The number of hydrogen-bond acceptors (Lipinski definition) is 3. The first kappa shape index (κ1) is 12.8. The Morgan fingerprint density at radius 3 is 3.05 bits per heavy atom. The van der Waals surface area contributed by atoms with Crippen LogP contribution in [0.15, 0.2) is 22.4 Å². The van der Waals surface area contributed by atoms with E-state index in [4.69, 9.17) is 4.74 Å². The van der Waals surface area contributed by atoms with Crippen molar-refractivity contribution < 1.29 is 9.13 Å². The van der Waals surface area contributed by atoms with Crippen LogP contribution in [0.4, 0.5) is 4.39 Å². The molecule has 3 atom stereocenters. The number of thiophene rings is 1. The van der Waals surface area contributed by atoms with Gasteiger partial charge in [-0.15, -0.1) is 11.3 Å². The molecule has 2 aromatic heterocycles. The molecule has 3 heterocycles. The van der Waals surface area contributed by atoms with Gasteiger partial charge in [0, 0.05) is 11.6 Å². The predicted octanol–water partition coefficient (Wildman–Crippen LogP) is 3.54. The van der Waals surface area contributed by atoms with Gasteiger partial charge < -0.3 is 4.74 Å². The number of hydrogen-bond donors (Lipinski definition) is 0. The Morgan fingerprint density at radius 1 is 1.58 bits per heavy atom. The van der Waals surface area contributed by atoms with Gasteiger partial charge in [-0.2, -0.15) is 0 Å². The molecule has 3 nitrogen and oxygen atoms in total. The highest BCUT2D eigenvalue weighted by Gasteiger charge is 2.33. The molecule has 0 bridgehead atoms. The van der Waals surface area contributed by atoms with Crippen LogP contribution in [0, 0.1) is 11.7 Å². The second-order valence-electron chi connectivity index (χ2n) is 5.10. The van der Waals surface area contributed by atoms with Crippen molar-refractivity contribution in [2.24, 2.45) is 5.92 Å². The fraction of sp³-hybridized carbons (Fsp3) is 0.500. The molecule has 0 amide bonds. The van der Waals surface area contributed by atoms with E-state index in [1.165, 1.54) is 22.1 Å². The first-order chi connectivity index (χ1) is 9.11. The van der Waals surface area contributed by atoms with E-state index >= 15 is 0 Å². The largest absolute Gasteiger partial charge is 0.354 e. The molecule has 0 aromatic carbocycles. The van der Waals surface area contributed by atoms with Crippen LogP contribution in [-0.4, -0.2) is 10.7 Å². The van der Waals surface area contributed by atoms with Crippen LogP contribution in [0.5, 0.6) is 0 Å². The van der Waals surface area contributed by atoms with Crippen molar-refractivity contribution in [2.45, 2.75) is 39.0 Å². The highest BCUT2D eigenvalue weighted by atomic mass is 32.1. The second kappa shape index (κ2) is 4.72. The molecule has 5 heteroatoms. The maximum atomic E-state index is 14.0. The summed E-state index contributed by atoms with van der Waals surface area (Å²) in [6.07, 6.45) is 2.77. The van der Waals surface area contributed by atoms with Gasteiger partial charge in [0.15, 0.2) is 0 Å². The molecule has 1 aliphatic rings. The highest BCUT2D eigenvalue weighted by molar-refractivity contribution is 7.17. The van der Waals surface area contributed by atoms with Crippen LogP contribution in [-0.2, 0) is 4.74 Å². The molecular formula is C14H16FNO2S. The quantitative estimate of drug-likeness (QED) is 0.843. The lowest BCUT2D eigenvalue weighted by Gasteiger charge is -2.15. The fourth-order valence-electron chi connectivity index (χ4n) is 2.78. The van der Waals surface area contributed by atoms with E-state index in [2.05, 4.69) is 13.8 Å².